The molecule has 4 nitrogen and oxygen atoms in total. The number of hydrogen-bond donors (Lipinski definition) is 1. The van der Waals surface area contributed by atoms with Crippen molar-refractivity contribution < 1.29 is 18.0 Å². The van der Waals surface area contributed by atoms with Crippen LogP contribution in [0.25, 0.3) is 0 Å². The van der Waals surface area contributed by atoms with Crippen LogP contribution in [0, 0.1) is 11.8 Å². The average Bonchev–Trinajstić information content (AvgIpc) is 3.27. The van der Waals surface area contributed by atoms with Crippen LogP contribution in [-0.2, 0) is 17.1 Å². The fourth-order valence-corrected chi connectivity index (χ4v) is 6.01. The van der Waals surface area contributed by atoms with Crippen molar-refractivity contribution in [2.45, 2.75) is 77.6 Å². The molecule has 0 radical (unpaired) electrons. The van der Waals surface area contributed by atoms with Crippen LogP contribution < -0.4 is 5.32 Å². The van der Waals surface area contributed by atoms with E-state index in [0.29, 0.717) is 11.4 Å². The van der Waals surface area contributed by atoms with Gasteiger partial charge in [0.05, 0.1) is 28.9 Å². The summed E-state index contributed by atoms with van der Waals surface area (Å²) in [7, 11) is 0. The van der Waals surface area contributed by atoms with Gasteiger partial charge in [0.25, 0.3) is 0 Å². The molecule has 2 heterocycles. The number of aromatic nitrogens is 2. The number of benzene rings is 2. The number of Topliss-reactive ketones (excluding diaryl/α,β-unsaturated/α-hetero) is 1. The highest BCUT2D eigenvalue weighted by Crippen LogP contribution is 2.46. The SMILES string of the molecule is CC(C)C(CC(=O)c1cnn2c1NC(c1ccccc1)CC2(C)C)(c1ccc(C(F)(F)F)cc1)C(C)C. The Morgan fingerprint density at radius 3 is 2.11 bits per heavy atom. The highest BCUT2D eigenvalue weighted by molar-refractivity contribution is 6.01. The van der Waals surface area contributed by atoms with Gasteiger partial charge in [-0.1, -0.05) is 70.2 Å². The van der Waals surface area contributed by atoms with Gasteiger partial charge in [-0.05, 0) is 55.4 Å². The number of hydrogen-bond acceptors (Lipinski definition) is 3. The summed E-state index contributed by atoms with van der Waals surface area (Å²) in [4.78, 5) is 14.0. The molecule has 0 spiro atoms. The van der Waals surface area contributed by atoms with Crippen molar-refractivity contribution in [3.05, 3.63) is 83.0 Å². The number of anilines is 1. The third kappa shape index (κ3) is 4.92. The predicted octanol–water partition coefficient (Wildman–Crippen LogP) is 8.02. The first-order chi connectivity index (χ1) is 17.3. The minimum Gasteiger partial charge on any atom is -0.363 e. The molecular weight excluding hydrogens is 475 g/mol. The van der Waals surface area contributed by atoms with E-state index in [-0.39, 0.29) is 35.6 Å². The second-order valence-electron chi connectivity index (χ2n) is 11.5. The normalized spacial score (nSPS) is 17.5. The highest BCUT2D eigenvalue weighted by atomic mass is 19.4. The number of fused-ring (bicyclic) bond motifs is 1. The number of nitrogens with zero attached hydrogens (tertiary/aromatic N) is 2. The van der Waals surface area contributed by atoms with E-state index < -0.39 is 17.2 Å². The summed E-state index contributed by atoms with van der Waals surface area (Å²) < 4.78 is 41.6. The van der Waals surface area contributed by atoms with Crippen LogP contribution in [0.3, 0.4) is 0 Å². The maximum atomic E-state index is 14.0. The van der Waals surface area contributed by atoms with E-state index in [0.717, 1.165) is 29.7 Å². The van der Waals surface area contributed by atoms with Gasteiger partial charge in [0.15, 0.2) is 5.78 Å². The zero-order valence-electron chi connectivity index (χ0n) is 22.4. The van der Waals surface area contributed by atoms with Crippen molar-refractivity contribution in [3.8, 4) is 0 Å². The first-order valence-corrected chi connectivity index (χ1v) is 12.9. The summed E-state index contributed by atoms with van der Waals surface area (Å²) in [6.45, 7) is 12.4. The van der Waals surface area contributed by atoms with Crippen molar-refractivity contribution in [1.29, 1.82) is 0 Å². The van der Waals surface area contributed by atoms with Crippen molar-refractivity contribution in [1.82, 2.24) is 9.78 Å². The van der Waals surface area contributed by atoms with Crippen LogP contribution in [0.1, 0.15) is 87.5 Å². The van der Waals surface area contributed by atoms with Crippen LogP contribution in [-0.4, -0.2) is 15.6 Å². The summed E-state index contributed by atoms with van der Waals surface area (Å²) >= 11 is 0. The van der Waals surface area contributed by atoms with Crippen molar-refractivity contribution in [2.24, 2.45) is 11.8 Å². The van der Waals surface area contributed by atoms with Crippen LogP contribution in [0.5, 0.6) is 0 Å². The largest absolute Gasteiger partial charge is 0.416 e. The Kier molecular flexibility index (Phi) is 7.04. The smallest absolute Gasteiger partial charge is 0.363 e. The lowest BCUT2D eigenvalue weighted by atomic mass is 9.61. The van der Waals surface area contributed by atoms with Crippen molar-refractivity contribution in [2.75, 3.05) is 5.32 Å². The summed E-state index contributed by atoms with van der Waals surface area (Å²) in [6, 6.07) is 15.5. The molecule has 0 bridgehead atoms. The number of rotatable bonds is 7. The minimum absolute atomic E-state index is 0.0149. The van der Waals surface area contributed by atoms with Gasteiger partial charge in [0, 0.05) is 11.8 Å². The van der Waals surface area contributed by atoms with Crippen LogP contribution in [0.15, 0.2) is 60.8 Å². The molecule has 1 aromatic heterocycles. The van der Waals surface area contributed by atoms with E-state index in [9.17, 15) is 18.0 Å². The highest BCUT2D eigenvalue weighted by Gasteiger charge is 2.43. The summed E-state index contributed by atoms with van der Waals surface area (Å²) in [5.74, 6) is 0.659. The van der Waals surface area contributed by atoms with Gasteiger partial charge in [-0.25, -0.2) is 4.68 Å². The third-order valence-electron chi connectivity index (χ3n) is 8.12. The summed E-state index contributed by atoms with van der Waals surface area (Å²) in [5.41, 5.74) is 0.777. The Balaban J connectivity index is 1.72. The molecule has 1 aliphatic heterocycles. The lowest BCUT2D eigenvalue weighted by Crippen LogP contribution is -2.41. The Labute approximate surface area is 217 Å². The molecular formula is C30H36F3N3O. The standard InChI is InChI=1S/C30H36F3N3O/c1-19(2)29(20(3)4,22-12-14-23(15-13-22)30(31,32)33)17-26(37)24-18-34-36-27(24)35-25(16-28(36,5)6)21-10-8-7-9-11-21/h7-15,18-20,25,35H,16-17H2,1-6H3. The quantitative estimate of drug-likeness (QED) is 0.327. The molecule has 1 N–H and O–H groups in total. The monoisotopic (exact) mass is 511 g/mol. The molecule has 0 amide bonds. The predicted molar refractivity (Wildman–Crippen MR) is 141 cm³/mol. The molecule has 1 aliphatic rings. The number of carbonyl (C=O) groups excluding carboxylic acids is 1. The molecule has 37 heavy (non-hydrogen) atoms. The number of ketones is 1. The molecule has 7 heteroatoms. The molecule has 0 saturated heterocycles. The van der Waals surface area contributed by atoms with E-state index in [2.05, 4.69) is 36.4 Å². The zero-order valence-corrected chi connectivity index (χ0v) is 22.4. The molecule has 4 rings (SSSR count). The molecule has 2 aromatic carbocycles. The molecule has 0 aliphatic carbocycles. The maximum Gasteiger partial charge on any atom is 0.416 e. The van der Waals surface area contributed by atoms with E-state index in [1.54, 1.807) is 6.20 Å². The molecule has 1 unspecified atom stereocenters. The van der Waals surface area contributed by atoms with Gasteiger partial charge in [-0.2, -0.15) is 18.3 Å². The van der Waals surface area contributed by atoms with E-state index >= 15 is 0 Å². The molecule has 1 atom stereocenters. The minimum atomic E-state index is -4.41. The number of alkyl halides is 3. The van der Waals surface area contributed by atoms with E-state index in [1.165, 1.54) is 12.1 Å². The van der Waals surface area contributed by atoms with E-state index in [1.807, 2.05) is 50.6 Å². The molecule has 0 saturated carbocycles. The lowest BCUT2D eigenvalue weighted by molar-refractivity contribution is -0.137. The average molecular weight is 512 g/mol. The first kappa shape index (κ1) is 27.0. The lowest BCUT2D eigenvalue weighted by Gasteiger charge is -2.42. The molecule has 198 valence electrons. The van der Waals surface area contributed by atoms with E-state index in [4.69, 9.17) is 0 Å². The number of carbonyl (C=O) groups is 1. The van der Waals surface area contributed by atoms with Crippen LogP contribution in [0.4, 0.5) is 19.0 Å². The van der Waals surface area contributed by atoms with Crippen LogP contribution in [0.2, 0.25) is 0 Å². The molecule has 0 fully saturated rings. The fourth-order valence-electron chi connectivity index (χ4n) is 6.01. The topological polar surface area (TPSA) is 46.9 Å². The Bertz CT molecular complexity index is 1230. The van der Waals surface area contributed by atoms with Gasteiger partial charge in [0.2, 0.25) is 0 Å². The van der Waals surface area contributed by atoms with Gasteiger partial charge in [-0.3, -0.25) is 4.79 Å². The van der Waals surface area contributed by atoms with Gasteiger partial charge in [0.1, 0.15) is 5.82 Å². The second kappa shape index (κ2) is 9.66. The Hall–Kier alpha value is -3.09. The Morgan fingerprint density at radius 1 is 1.00 bits per heavy atom. The zero-order chi connectivity index (χ0) is 27.2. The van der Waals surface area contributed by atoms with Gasteiger partial charge >= 0.3 is 6.18 Å². The van der Waals surface area contributed by atoms with Gasteiger partial charge in [-0.15, -0.1) is 0 Å². The van der Waals surface area contributed by atoms with Gasteiger partial charge < -0.3 is 5.32 Å². The summed E-state index contributed by atoms with van der Waals surface area (Å²) in [6.07, 6.45) is -1.78. The molecule has 3 aromatic rings. The number of halogens is 3. The van der Waals surface area contributed by atoms with Crippen LogP contribution >= 0.6 is 0 Å². The van der Waals surface area contributed by atoms with Crippen molar-refractivity contribution >= 4 is 11.6 Å². The fraction of sp³-hybridized carbons (Fsp3) is 0.467. The third-order valence-corrected chi connectivity index (χ3v) is 8.12. The Morgan fingerprint density at radius 2 is 1.57 bits per heavy atom. The maximum absolute atomic E-state index is 14.0. The first-order valence-electron chi connectivity index (χ1n) is 12.9. The second-order valence-corrected chi connectivity index (χ2v) is 11.5. The van der Waals surface area contributed by atoms with Crippen molar-refractivity contribution in [3.63, 3.8) is 0 Å². The number of nitrogens with one attached hydrogen (secondary N) is 1. The summed E-state index contributed by atoms with van der Waals surface area (Å²) in [5, 5.41) is 8.16.